The number of hydrogen-bond donors (Lipinski definition) is 1. The predicted molar refractivity (Wildman–Crippen MR) is 128 cm³/mol. The topological polar surface area (TPSA) is 81.8 Å². The number of aromatic nitrogens is 4. The Morgan fingerprint density at radius 1 is 1.09 bits per heavy atom. The van der Waals surface area contributed by atoms with Gasteiger partial charge in [-0.25, -0.2) is 4.98 Å². The summed E-state index contributed by atoms with van der Waals surface area (Å²) >= 11 is 1.27. The summed E-state index contributed by atoms with van der Waals surface area (Å²) in [6, 6.07) is 19.3. The van der Waals surface area contributed by atoms with Crippen molar-refractivity contribution in [2.45, 2.75) is 31.5 Å². The van der Waals surface area contributed by atoms with Crippen molar-refractivity contribution in [1.82, 2.24) is 19.3 Å². The monoisotopic (exact) mass is 447 g/mol. The van der Waals surface area contributed by atoms with E-state index >= 15 is 0 Å². The summed E-state index contributed by atoms with van der Waals surface area (Å²) in [6.45, 7) is 2.41. The highest BCUT2D eigenvalue weighted by atomic mass is 32.2. The number of fused-ring (bicyclic) bond motifs is 1. The van der Waals surface area contributed by atoms with Crippen LogP contribution in [0.25, 0.3) is 10.9 Å². The predicted octanol–water partition coefficient (Wildman–Crippen LogP) is 3.80. The molecule has 32 heavy (non-hydrogen) atoms. The molecule has 0 aliphatic rings. The Balaban J connectivity index is 1.52. The Morgan fingerprint density at radius 3 is 2.59 bits per heavy atom. The molecular formula is C24H25N5O2S. The molecule has 0 saturated carbocycles. The lowest BCUT2D eigenvalue weighted by molar-refractivity contribution is -0.113. The van der Waals surface area contributed by atoms with Crippen LogP contribution in [0.1, 0.15) is 17.7 Å². The van der Waals surface area contributed by atoms with Crippen molar-refractivity contribution < 1.29 is 4.79 Å². The van der Waals surface area contributed by atoms with E-state index in [2.05, 4.69) is 22.5 Å². The van der Waals surface area contributed by atoms with E-state index in [1.165, 1.54) is 17.3 Å². The number of nitrogens with zero attached hydrogens (tertiary/aromatic N) is 4. The lowest BCUT2D eigenvalue weighted by atomic mass is 10.1. The third-order valence-corrected chi connectivity index (χ3v) is 6.09. The van der Waals surface area contributed by atoms with Crippen molar-refractivity contribution in [2.75, 3.05) is 11.1 Å². The van der Waals surface area contributed by atoms with Crippen LogP contribution in [0.15, 0.2) is 70.6 Å². The molecule has 2 heterocycles. The zero-order valence-corrected chi connectivity index (χ0v) is 18.9. The molecular weight excluding hydrogens is 422 g/mol. The summed E-state index contributed by atoms with van der Waals surface area (Å²) in [6.07, 6.45) is 1.67. The second-order valence-electron chi connectivity index (χ2n) is 7.59. The van der Waals surface area contributed by atoms with E-state index in [9.17, 15) is 9.59 Å². The van der Waals surface area contributed by atoms with E-state index in [1.807, 2.05) is 49.4 Å². The van der Waals surface area contributed by atoms with Crippen molar-refractivity contribution in [3.05, 3.63) is 82.3 Å². The van der Waals surface area contributed by atoms with Crippen LogP contribution in [0.2, 0.25) is 0 Å². The molecule has 0 unspecified atom stereocenters. The maximum Gasteiger partial charge on any atom is 0.262 e. The van der Waals surface area contributed by atoms with Crippen molar-refractivity contribution in [2.24, 2.45) is 7.05 Å². The first kappa shape index (κ1) is 21.8. The van der Waals surface area contributed by atoms with Gasteiger partial charge < -0.3 is 5.32 Å². The number of benzene rings is 2. The van der Waals surface area contributed by atoms with Gasteiger partial charge in [-0.1, -0.05) is 54.2 Å². The Kier molecular flexibility index (Phi) is 6.70. The lowest BCUT2D eigenvalue weighted by Gasteiger charge is -2.13. The average Bonchev–Trinajstić information content (AvgIpc) is 3.11. The van der Waals surface area contributed by atoms with Gasteiger partial charge in [0.1, 0.15) is 5.82 Å². The minimum Gasteiger partial charge on any atom is -0.310 e. The van der Waals surface area contributed by atoms with E-state index in [0.717, 1.165) is 18.5 Å². The van der Waals surface area contributed by atoms with Crippen molar-refractivity contribution in [3.63, 3.8) is 0 Å². The first-order chi connectivity index (χ1) is 15.5. The van der Waals surface area contributed by atoms with E-state index in [0.29, 0.717) is 28.4 Å². The summed E-state index contributed by atoms with van der Waals surface area (Å²) in [4.78, 5) is 30.4. The van der Waals surface area contributed by atoms with Crippen LogP contribution in [0.5, 0.6) is 0 Å². The first-order valence-corrected chi connectivity index (χ1v) is 11.5. The van der Waals surface area contributed by atoms with Crippen LogP contribution in [0.4, 0.5) is 5.82 Å². The van der Waals surface area contributed by atoms with Gasteiger partial charge in [-0.2, -0.15) is 5.10 Å². The molecule has 0 bridgehead atoms. The van der Waals surface area contributed by atoms with E-state index in [1.54, 1.807) is 22.4 Å². The maximum atomic E-state index is 13.2. The van der Waals surface area contributed by atoms with Crippen LogP contribution < -0.4 is 10.9 Å². The van der Waals surface area contributed by atoms with Crippen molar-refractivity contribution >= 4 is 34.4 Å². The second kappa shape index (κ2) is 9.82. The Morgan fingerprint density at radius 2 is 1.84 bits per heavy atom. The van der Waals surface area contributed by atoms with E-state index < -0.39 is 0 Å². The SMILES string of the molecule is Cc1cc(NC(=O)CSc2nc3ccccc3c(=O)n2CCCc2ccccc2)n(C)n1. The average molecular weight is 448 g/mol. The molecule has 0 aliphatic heterocycles. The number of hydrogen-bond acceptors (Lipinski definition) is 5. The van der Waals surface area contributed by atoms with Gasteiger partial charge in [0.25, 0.3) is 5.56 Å². The maximum absolute atomic E-state index is 13.2. The molecule has 0 saturated heterocycles. The number of carbonyl (C=O) groups excluding carboxylic acids is 1. The molecule has 2 aromatic heterocycles. The minimum atomic E-state index is -0.170. The van der Waals surface area contributed by atoms with Crippen molar-refractivity contribution in [3.8, 4) is 0 Å². The zero-order chi connectivity index (χ0) is 22.5. The number of para-hydroxylation sites is 1. The van der Waals surface area contributed by atoms with Crippen LogP contribution in [0.3, 0.4) is 0 Å². The number of nitrogens with one attached hydrogen (secondary N) is 1. The van der Waals surface area contributed by atoms with Gasteiger partial charge in [0.15, 0.2) is 5.16 Å². The van der Waals surface area contributed by atoms with E-state index in [-0.39, 0.29) is 17.2 Å². The number of rotatable bonds is 8. The van der Waals surface area contributed by atoms with Gasteiger partial charge in [-0.3, -0.25) is 18.8 Å². The van der Waals surface area contributed by atoms with Crippen LogP contribution >= 0.6 is 11.8 Å². The van der Waals surface area contributed by atoms with Crippen LogP contribution in [-0.4, -0.2) is 31.0 Å². The molecule has 4 rings (SSSR count). The highest BCUT2D eigenvalue weighted by molar-refractivity contribution is 7.99. The Bertz CT molecular complexity index is 1300. The third kappa shape index (κ3) is 5.08. The number of carbonyl (C=O) groups is 1. The van der Waals surface area contributed by atoms with Gasteiger partial charge in [0.05, 0.1) is 22.3 Å². The summed E-state index contributed by atoms with van der Waals surface area (Å²) in [5.74, 6) is 0.615. The molecule has 164 valence electrons. The quantitative estimate of drug-likeness (QED) is 0.328. The standard InChI is InChI=1S/C24H25N5O2S/c1-17-15-21(28(2)27-17)26-22(30)16-32-24-25-20-13-7-6-12-19(20)23(31)29(24)14-8-11-18-9-4-3-5-10-18/h3-7,9-10,12-13,15H,8,11,14,16H2,1-2H3,(H,26,30). The third-order valence-electron chi connectivity index (χ3n) is 5.12. The number of aryl methyl sites for hydroxylation is 3. The van der Waals surface area contributed by atoms with Gasteiger partial charge >= 0.3 is 0 Å². The lowest BCUT2D eigenvalue weighted by Crippen LogP contribution is -2.25. The number of anilines is 1. The highest BCUT2D eigenvalue weighted by Crippen LogP contribution is 2.19. The van der Waals surface area contributed by atoms with Gasteiger partial charge in [-0.15, -0.1) is 0 Å². The molecule has 0 radical (unpaired) electrons. The fourth-order valence-electron chi connectivity index (χ4n) is 3.58. The number of thioether (sulfide) groups is 1. The molecule has 4 aromatic rings. The summed E-state index contributed by atoms with van der Waals surface area (Å²) in [5.41, 5.74) is 2.63. The molecule has 1 N–H and O–H groups in total. The zero-order valence-electron chi connectivity index (χ0n) is 18.1. The molecule has 1 amide bonds. The smallest absolute Gasteiger partial charge is 0.262 e. The summed E-state index contributed by atoms with van der Waals surface area (Å²) in [5, 5.41) is 8.24. The van der Waals surface area contributed by atoms with E-state index in [4.69, 9.17) is 4.98 Å². The first-order valence-electron chi connectivity index (χ1n) is 10.5. The Labute approximate surface area is 190 Å². The molecule has 7 nitrogen and oxygen atoms in total. The normalized spacial score (nSPS) is 11.1. The Hall–Kier alpha value is -3.39. The molecule has 0 fully saturated rings. The fraction of sp³-hybridized carbons (Fsp3) is 0.250. The second-order valence-corrected chi connectivity index (χ2v) is 8.53. The molecule has 0 spiro atoms. The minimum absolute atomic E-state index is 0.0752. The molecule has 0 atom stereocenters. The van der Waals surface area contributed by atoms with Gasteiger partial charge in [0.2, 0.25) is 5.91 Å². The molecule has 8 heteroatoms. The summed E-state index contributed by atoms with van der Waals surface area (Å²) < 4.78 is 3.32. The molecule has 0 aliphatic carbocycles. The van der Waals surface area contributed by atoms with Crippen LogP contribution in [-0.2, 0) is 24.8 Å². The van der Waals surface area contributed by atoms with Crippen LogP contribution in [0, 0.1) is 6.92 Å². The fourth-order valence-corrected chi connectivity index (χ4v) is 4.40. The number of amides is 1. The highest BCUT2D eigenvalue weighted by Gasteiger charge is 2.14. The summed E-state index contributed by atoms with van der Waals surface area (Å²) in [7, 11) is 1.78. The van der Waals surface area contributed by atoms with Gasteiger partial charge in [-0.05, 0) is 37.5 Å². The van der Waals surface area contributed by atoms with Crippen molar-refractivity contribution in [1.29, 1.82) is 0 Å². The van der Waals surface area contributed by atoms with Gasteiger partial charge in [0, 0.05) is 19.7 Å². The molecule has 2 aromatic carbocycles. The largest absolute Gasteiger partial charge is 0.310 e.